The van der Waals surface area contributed by atoms with Gasteiger partial charge in [0.05, 0.1) is 0 Å². The molecule has 1 aliphatic rings. The quantitative estimate of drug-likeness (QED) is 0.284. The number of anilines is 1. The molecule has 35 heavy (non-hydrogen) atoms. The standard InChI is InChI=1S/C30H38ClN4/c1-4-5-10-23(2)30-26(20-28(22-33(30)3)34-14-7-6-8-15-34)17-24-13-16-35(29(32)19-24)21-25-11-9-12-27(31)18-25/h4,9,11-13,16,18-20,22-23,32H,1,5-8,10,14-15,17,21H2,2-3H3/q+1. The van der Waals surface area contributed by atoms with E-state index in [0.717, 1.165) is 42.9 Å². The molecule has 0 saturated carbocycles. The first kappa shape index (κ1) is 25.2. The van der Waals surface area contributed by atoms with Crippen molar-refractivity contribution in [1.29, 1.82) is 5.41 Å². The van der Waals surface area contributed by atoms with Crippen LogP contribution in [0.2, 0.25) is 5.02 Å². The Hall–Kier alpha value is -2.85. The molecular weight excluding hydrogens is 452 g/mol. The summed E-state index contributed by atoms with van der Waals surface area (Å²) in [5.74, 6) is 0.440. The minimum Gasteiger partial charge on any atom is -0.367 e. The molecule has 1 aromatic carbocycles. The van der Waals surface area contributed by atoms with Gasteiger partial charge in [-0.05, 0) is 73.6 Å². The number of aromatic nitrogens is 2. The van der Waals surface area contributed by atoms with Crippen molar-refractivity contribution >= 4 is 17.3 Å². The largest absolute Gasteiger partial charge is 0.367 e. The van der Waals surface area contributed by atoms with E-state index in [1.54, 1.807) is 0 Å². The van der Waals surface area contributed by atoms with Gasteiger partial charge in [0, 0.05) is 48.8 Å². The number of halogens is 1. The molecule has 4 nitrogen and oxygen atoms in total. The number of piperidine rings is 1. The van der Waals surface area contributed by atoms with Gasteiger partial charge in [-0.3, -0.25) is 5.41 Å². The average Bonchev–Trinajstić information content (AvgIpc) is 2.84. The predicted octanol–water partition coefficient (Wildman–Crippen LogP) is 6.14. The van der Waals surface area contributed by atoms with Crippen molar-refractivity contribution < 1.29 is 4.57 Å². The summed E-state index contributed by atoms with van der Waals surface area (Å²) in [4.78, 5) is 2.53. The van der Waals surface area contributed by atoms with Gasteiger partial charge in [0.1, 0.15) is 18.2 Å². The van der Waals surface area contributed by atoms with Crippen molar-refractivity contribution in [3.8, 4) is 0 Å². The van der Waals surface area contributed by atoms with Crippen molar-refractivity contribution in [1.82, 2.24) is 4.57 Å². The summed E-state index contributed by atoms with van der Waals surface area (Å²) in [5, 5.41) is 9.39. The molecule has 2 aromatic heterocycles. The minimum absolute atomic E-state index is 0.440. The molecule has 1 N–H and O–H groups in total. The molecular formula is C30H38ClN4+. The summed E-state index contributed by atoms with van der Waals surface area (Å²) in [6.07, 6.45) is 13.2. The fourth-order valence-corrected chi connectivity index (χ4v) is 5.50. The highest BCUT2D eigenvalue weighted by Gasteiger charge is 2.24. The van der Waals surface area contributed by atoms with Crippen LogP contribution in [0, 0.1) is 5.41 Å². The second-order valence-electron chi connectivity index (χ2n) is 9.89. The van der Waals surface area contributed by atoms with Crippen LogP contribution >= 0.6 is 11.6 Å². The molecule has 1 fully saturated rings. The number of hydrogen-bond donors (Lipinski definition) is 1. The van der Waals surface area contributed by atoms with Gasteiger partial charge < -0.3 is 9.47 Å². The zero-order valence-corrected chi connectivity index (χ0v) is 21.9. The van der Waals surface area contributed by atoms with Gasteiger partial charge in [0.2, 0.25) is 0 Å². The third kappa shape index (κ3) is 6.43. The molecule has 4 rings (SSSR count). The summed E-state index contributed by atoms with van der Waals surface area (Å²) in [5.41, 5.74) is 6.85. The summed E-state index contributed by atoms with van der Waals surface area (Å²) in [6.45, 7) is 9.16. The molecule has 0 aliphatic carbocycles. The lowest BCUT2D eigenvalue weighted by molar-refractivity contribution is -0.680. The van der Waals surface area contributed by atoms with Crippen LogP contribution in [0.25, 0.3) is 0 Å². The zero-order chi connectivity index (χ0) is 24.8. The zero-order valence-electron chi connectivity index (χ0n) is 21.1. The van der Waals surface area contributed by atoms with Gasteiger partial charge in [-0.15, -0.1) is 6.58 Å². The lowest BCUT2D eigenvalue weighted by atomic mass is 9.93. The highest BCUT2D eigenvalue weighted by molar-refractivity contribution is 6.30. The second kappa shape index (κ2) is 11.7. The highest BCUT2D eigenvalue weighted by atomic mass is 35.5. The van der Waals surface area contributed by atoms with Gasteiger partial charge in [-0.25, -0.2) is 4.57 Å². The Bertz CT molecular complexity index is 1220. The molecule has 1 unspecified atom stereocenters. The van der Waals surface area contributed by atoms with E-state index in [-0.39, 0.29) is 0 Å². The van der Waals surface area contributed by atoms with Gasteiger partial charge in [-0.2, -0.15) is 0 Å². The van der Waals surface area contributed by atoms with Crippen molar-refractivity contribution in [3.05, 3.63) is 100 Å². The third-order valence-corrected chi connectivity index (χ3v) is 7.32. The first-order valence-corrected chi connectivity index (χ1v) is 13.2. The fraction of sp³-hybridized carbons (Fsp3) is 0.400. The Morgan fingerprint density at radius 3 is 2.63 bits per heavy atom. The monoisotopic (exact) mass is 489 g/mol. The molecule has 1 aliphatic heterocycles. The fourth-order valence-electron chi connectivity index (χ4n) is 5.29. The highest BCUT2D eigenvalue weighted by Crippen LogP contribution is 2.28. The van der Waals surface area contributed by atoms with E-state index >= 15 is 0 Å². The topological polar surface area (TPSA) is 35.9 Å². The number of hydrogen-bond acceptors (Lipinski definition) is 2. The Labute approximate surface area is 215 Å². The number of nitrogens with zero attached hydrogens (tertiary/aromatic N) is 3. The molecule has 0 bridgehead atoms. The van der Waals surface area contributed by atoms with Crippen molar-refractivity contribution in [3.63, 3.8) is 0 Å². The molecule has 0 spiro atoms. The maximum atomic E-state index is 8.66. The summed E-state index contributed by atoms with van der Waals surface area (Å²) >= 11 is 6.15. The van der Waals surface area contributed by atoms with Crippen molar-refractivity contribution in [2.45, 2.75) is 57.9 Å². The van der Waals surface area contributed by atoms with Crippen LogP contribution in [0.15, 0.2) is 67.5 Å². The maximum Gasteiger partial charge on any atom is 0.192 e. The average molecular weight is 490 g/mol. The lowest BCUT2D eigenvalue weighted by Gasteiger charge is -2.28. The number of pyridine rings is 2. The van der Waals surface area contributed by atoms with E-state index in [1.807, 2.05) is 41.1 Å². The first-order chi connectivity index (χ1) is 16.9. The summed E-state index contributed by atoms with van der Waals surface area (Å²) in [6, 6.07) is 14.4. The Balaban J connectivity index is 1.64. The first-order valence-electron chi connectivity index (χ1n) is 12.8. The number of rotatable bonds is 9. The molecule has 1 atom stereocenters. The summed E-state index contributed by atoms with van der Waals surface area (Å²) < 4.78 is 4.31. The molecule has 3 heterocycles. The van der Waals surface area contributed by atoms with Gasteiger partial charge in [-0.1, -0.05) is 36.7 Å². The summed E-state index contributed by atoms with van der Waals surface area (Å²) in [7, 11) is 2.19. The third-order valence-electron chi connectivity index (χ3n) is 7.09. The van der Waals surface area contributed by atoms with Crippen LogP contribution in [0.1, 0.15) is 67.3 Å². The van der Waals surface area contributed by atoms with E-state index in [1.165, 1.54) is 41.8 Å². The van der Waals surface area contributed by atoms with Gasteiger partial charge >= 0.3 is 0 Å². The van der Waals surface area contributed by atoms with E-state index < -0.39 is 0 Å². The van der Waals surface area contributed by atoms with E-state index in [9.17, 15) is 0 Å². The maximum absolute atomic E-state index is 8.66. The van der Waals surface area contributed by atoms with Gasteiger partial charge in [0.15, 0.2) is 11.9 Å². The molecule has 5 heteroatoms. The van der Waals surface area contributed by atoms with Crippen molar-refractivity contribution in [2.75, 3.05) is 18.0 Å². The van der Waals surface area contributed by atoms with E-state index in [0.29, 0.717) is 18.0 Å². The van der Waals surface area contributed by atoms with E-state index in [2.05, 4.69) is 54.4 Å². The van der Waals surface area contributed by atoms with Gasteiger partial charge in [0.25, 0.3) is 0 Å². The molecule has 0 radical (unpaired) electrons. The molecule has 184 valence electrons. The van der Waals surface area contributed by atoms with Crippen molar-refractivity contribution in [2.24, 2.45) is 7.05 Å². The van der Waals surface area contributed by atoms with Crippen LogP contribution in [0.3, 0.4) is 0 Å². The van der Waals surface area contributed by atoms with E-state index in [4.69, 9.17) is 17.0 Å². The number of nitrogens with one attached hydrogen (secondary N) is 1. The Kier molecular flexibility index (Phi) is 8.46. The normalized spacial score (nSPS) is 14.7. The number of aryl methyl sites for hydroxylation is 1. The van der Waals surface area contributed by atoms with Crippen LogP contribution in [0.4, 0.5) is 5.69 Å². The Morgan fingerprint density at radius 1 is 1.11 bits per heavy atom. The lowest BCUT2D eigenvalue weighted by Crippen LogP contribution is -2.39. The Morgan fingerprint density at radius 2 is 1.91 bits per heavy atom. The SMILES string of the molecule is C=CCCC(C)c1c(Cc2ccn(Cc3cccc(Cl)c3)c(=N)c2)cc(N2CCCCC2)c[n+]1C. The number of benzene rings is 1. The second-order valence-corrected chi connectivity index (χ2v) is 10.3. The smallest absolute Gasteiger partial charge is 0.192 e. The molecule has 3 aromatic rings. The van der Waals surface area contributed by atoms with Crippen LogP contribution in [-0.4, -0.2) is 17.7 Å². The van der Waals surface area contributed by atoms with Crippen LogP contribution in [0.5, 0.6) is 0 Å². The molecule has 0 amide bonds. The minimum atomic E-state index is 0.440. The van der Waals surface area contributed by atoms with Crippen LogP contribution in [-0.2, 0) is 20.0 Å². The predicted molar refractivity (Wildman–Crippen MR) is 145 cm³/mol. The number of allylic oxidation sites excluding steroid dienone is 1. The van der Waals surface area contributed by atoms with Crippen LogP contribution < -0.4 is 15.0 Å². The molecule has 1 saturated heterocycles.